The lowest BCUT2D eigenvalue weighted by molar-refractivity contribution is 0.623. The summed E-state index contributed by atoms with van der Waals surface area (Å²) in [5, 5.41) is 0.609. The molecular weight excluding hydrogens is 155 g/mol. The minimum absolute atomic E-state index is 0.212. The fraction of sp³-hybridized carbons (Fsp3) is 0.111. The van der Waals surface area contributed by atoms with Crippen LogP contribution in [0.4, 0.5) is 4.39 Å². The lowest BCUT2D eigenvalue weighted by atomic mass is 10.1. The molecule has 0 spiro atoms. The Morgan fingerprint density at radius 1 is 1.33 bits per heavy atom. The molecule has 2 aromatic rings. The smallest absolute Gasteiger partial charge is 0.137 e. The molecular formula is C9H9FN2. The van der Waals surface area contributed by atoms with E-state index < -0.39 is 0 Å². The van der Waals surface area contributed by atoms with Gasteiger partial charge in [-0.3, -0.25) is 0 Å². The molecule has 0 saturated heterocycles. The highest BCUT2D eigenvalue weighted by molar-refractivity contribution is 5.80. The van der Waals surface area contributed by atoms with Gasteiger partial charge in [0, 0.05) is 29.2 Å². The van der Waals surface area contributed by atoms with Gasteiger partial charge in [0.05, 0.1) is 0 Å². The molecule has 12 heavy (non-hydrogen) atoms. The van der Waals surface area contributed by atoms with Crippen molar-refractivity contribution in [2.75, 3.05) is 0 Å². The summed E-state index contributed by atoms with van der Waals surface area (Å²) < 4.78 is 13.4. The molecule has 0 amide bonds. The number of halogens is 1. The number of fused-ring (bicyclic) bond motifs is 1. The van der Waals surface area contributed by atoms with Crippen LogP contribution in [0.1, 0.15) is 5.56 Å². The van der Waals surface area contributed by atoms with Crippen LogP contribution in [0.15, 0.2) is 24.4 Å². The van der Waals surface area contributed by atoms with Gasteiger partial charge in [0.1, 0.15) is 5.82 Å². The Morgan fingerprint density at radius 3 is 2.92 bits per heavy atom. The van der Waals surface area contributed by atoms with Gasteiger partial charge < -0.3 is 10.7 Å². The van der Waals surface area contributed by atoms with Gasteiger partial charge in [-0.05, 0) is 12.1 Å². The van der Waals surface area contributed by atoms with Gasteiger partial charge in [0.15, 0.2) is 0 Å². The molecule has 0 radical (unpaired) electrons. The number of hydrogen-bond acceptors (Lipinski definition) is 1. The van der Waals surface area contributed by atoms with Crippen molar-refractivity contribution >= 4 is 10.9 Å². The van der Waals surface area contributed by atoms with Crippen molar-refractivity contribution in [3.8, 4) is 0 Å². The van der Waals surface area contributed by atoms with E-state index in [-0.39, 0.29) is 12.4 Å². The van der Waals surface area contributed by atoms with Crippen LogP contribution in [0.25, 0.3) is 10.9 Å². The van der Waals surface area contributed by atoms with Gasteiger partial charge in [-0.15, -0.1) is 0 Å². The molecule has 0 atom stereocenters. The molecule has 62 valence electrons. The number of rotatable bonds is 1. The normalized spacial score (nSPS) is 10.8. The van der Waals surface area contributed by atoms with Gasteiger partial charge >= 0.3 is 0 Å². The van der Waals surface area contributed by atoms with E-state index in [2.05, 4.69) is 4.98 Å². The van der Waals surface area contributed by atoms with E-state index >= 15 is 0 Å². The van der Waals surface area contributed by atoms with Crippen LogP contribution in [0.2, 0.25) is 0 Å². The average molecular weight is 164 g/mol. The molecule has 0 saturated carbocycles. The maximum absolute atomic E-state index is 13.4. The van der Waals surface area contributed by atoms with Crippen molar-refractivity contribution in [3.05, 3.63) is 35.8 Å². The zero-order valence-corrected chi connectivity index (χ0v) is 6.47. The van der Waals surface area contributed by atoms with Crippen molar-refractivity contribution < 1.29 is 4.39 Å². The average Bonchev–Trinajstić information content (AvgIpc) is 2.53. The lowest BCUT2D eigenvalue weighted by Crippen LogP contribution is -1.99. The predicted octanol–water partition coefficient (Wildman–Crippen LogP) is 1.77. The van der Waals surface area contributed by atoms with Crippen LogP contribution in [0, 0.1) is 5.82 Å². The largest absolute Gasteiger partial charge is 0.361 e. The summed E-state index contributed by atoms with van der Waals surface area (Å²) >= 11 is 0. The molecule has 0 fully saturated rings. The van der Waals surface area contributed by atoms with Gasteiger partial charge in [0.2, 0.25) is 0 Å². The Balaban J connectivity index is 2.78. The van der Waals surface area contributed by atoms with E-state index in [1.165, 1.54) is 0 Å². The number of H-pyrrole nitrogens is 1. The number of benzene rings is 1. The first-order valence-corrected chi connectivity index (χ1v) is 3.77. The molecule has 1 aromatic heterocycles. The van der Waals surface area contributed by atoms with E-state index in [0.29, 0.717) is 10.9 Å². The highest BCUT2D eigenvalue weighted by Crippen LogP contribution is 2.19. The predicted molar refractivity (Wildman–Crippen MR) is 46.1 cm³/mol. The Morgan fingerprint density at radius 2 is 2.17 bits per heavy atom. The van der Waals surface area contributed by atoms with E-state index in [9.17, 15) is 4.39 Å². The third kappa shape index (κ3) is 0.905. The summed E-state index contributed by atoms with van der Waals surface area (Å²) in [5.74, 6) is -0.212. The van der Waals surface area contributed by atoms with Crippen LogP contribution in [-0.2, 0) is 6.54 Å². The van der Waals surface area contributed by atoms with Crippen molar-refractivity contribution in [2.24, 2.45) is 5.73 Å². The second kappa shape index (κ2) is 2.60. The summed E-state index contributed by atoms with van der Waals surface area (Å²) in [4.78, 5) is 2.93. The van der Waals surface area contributed by atoms with E-state index in [1.807, 2.05) is 6.07 Å². The van der Waals surface area contributed by atoms with Gasteiger partial charge in [-0.1, -0.05) is 6.07 Å². The number of aromatic amines is 1. The van der Waals surface area contributed by atoms with Crippen LogP contribution in [0.3, 0.4) is 0 Å². The highest BCUT2D eigenvalue weighted by Gasteiger charge is 2.05. The quantitative estimate of drug-likeness (QED) is 0.662. The third-order valence-corrected chi connectivity index (χ3v) is 1.97. The molecule has 2 nitrogen and oxygen atoms in total. The Labute approximate surface area is 69.2 Å². The molecule has 2 rings (SSSR count). The van der Waals surface area contributed by atoms with Crippen LogP contribution < -0.4 is 5.73 Å². The Kier molecular flexibility index (Phi) is 1.59. The number of nitrogens with one attached hydrogen (secondary N) is 1. The minimum Gasteiger partial charge on any atom is -0.361 e. The third-order valence-electron chi connectivity index (χ3n) is 1.97. The monoisotopic (exact) mass is 164 g/mol. The fourth-order valence-electron chi connectivity index (χ4n) is 1.30. The summed E-state index contributed by atoms with van der Waals surface area (Å²) in [6.07, 6.45) is 1.72. The summed E-state index contributed by atoms with van der Waals surface area (Å²) in [7, 11) is 0. The first-order valence-electron chi connectivity index (χ1n) is 3.77. The van der Waals surface area contributed by atoms with E-state index in [0.717, 1.165) is 5.52 Å². The van der Waals surface area contributed by atoms with Crippen LogP contribution >= 0.6 is 0 Å². The molecule has 0 bridgehead atoms. The van der Waals surface area contributed by atoms with Crippen LogP contribution in [0.5, 0.6) is 0 Å². The first kappa shape index (κ1) is 7.31. The standard InChI is InChI=1S/C9H9FN2/c10-9-6(5-11)1-2-8-7(9)3-4-12-8/h1-4,12H,5,11H2. The minimum atomic E-state index is -0.212. The van der Waals surface area contributed by atoms with Gasteiger partial charge in [0.25, 0.3) is 0 Å². The maximum atomic E-state index is 13.4. The highest BCUT2D eigenvalue weighted by atomic mass is 19.1. The summed E-state index contributed by atoms with van der Waals surface area (Å²) in [5.41, 5.74) is 6.73. The number of aromatic nitrogens is 1. The lowest BCUT2D eigenvalue weighted by Gasteiger charge is -1.99. The topological polar surface area (TPSA) is 41.8 Å². The summed E-state index contributed by atoms with van der Waals surface area (Å²) in [6.45, 7) is 0.243. The Hall–Kier alpha value is -1.35. The molecule has 3 N–H and O–H groups in total. The van der Waals surface area contributed by atoms with Gasteiger partial charge in [-0.25, -0.2) is 4.39 Å². The SMILES string of the molecule is NCc1ccc2[nH]ccc2c1F. The molecule has 1 heterocycles. The molecule has 1 aromatic carbocycles. The number of hydrogen-bond donors (Lipinski definition) is 2. The molecule has 0 aliphatic carbocycles. The zero-order valence-electron chi connectivity index (χ0n) is 6.47. The molecule has 0 unspecified atom stereocenters. The van der Waals surface area contributed by atoms with Gasteiger partial charge in [-0.2, -0.15) is 0 Å². The van der Waals surface area contributed by atoms with E-state index in [4.69, 9.17) is 5.73 Å². The van der Waals surface area contributed by atoms with E-state index in [1.54, 1.807) is 18.3 Å². The fourth-order valence-corrected chi connectivity index (χ4v) is 1.30. The zero-order chi connectivity index (χ0) is 8.55. The molecule has 3 heteroatoms. The molecule has 0 aliphatic rings. The van der Waals surface area contributed by atoms with Crippen molar-refractivity contribution in [1.29, 1.82) is 0 Å². The second-order valence-electron chi connectivity index (χ2n) is 2.68. The van der Waals surface area contributed by atoms with Crippen LogP contribution in [-0.4, -0.2) is 4.98 Å². The second-order valence-corrected chi connectivity index (χ2v) is 2.68. The van der Waals surface area contributed by atoms with Crippen molar-refractivity contribution in [2.45, 2.75) is 6.54 Å². The molecule has 0 aliphatic heterocycles. The van der Waals surface area contributed by atoms with Crippen molar-refractivity contribution in [1.82, 2.24) is 4.98 Å². The Bertz CT molecular complexity index is 406. The maximum Gasteiger partial charge on any atom is 0.137 e. The summed E-state index contributed by atoms with van der Waals surface area (Å²) in [6, 6.07) is 5.25. The number of nitrogens with two attached hydrogens (primary N) is 1. The van der Waals surface area contributed by atoms with Crippen molar-refractivity contribution in [3.63, 3.8) is 0 Å². The first-order chi connectivity index (χ1) is 5.83.